The van der Waals surface area contributed by atoms with Crippen LogP contribution in [0.25, 0.3) is 0 Å². The summed E-state index contributed by atoms with van der Waals surface area (Å²) in [6.45, 7) is 2.99. The van der Waals surface area contributed by atoms with E-state index < -0.39 is 0 Å². The summed E-state index contributed by atoms with van der Waals surface area (Å²) in [6, 6.07) is 0.621. The van der Waals surface area contributed by atoms with Gasteiger partial charge in [0.1, 0.15) is 0 Å². The van der Waals surface area contributed by atoms with Crippen molar-refractivity contribution in [2.75, 3.05) is 26.4 Å². The first kappa shape index (κ1) is 8.97. The number of hydrogen-bond donors (Lipinski definition) is 2. The summed E-state index contributed by atoms with van der Waals surface area (Å²) < 4.78 is 5.22. The fraction of sp³-hybridized carbons (Fsp3) is 1.00. The van der Waals surface area contributed by atoms with Crippen LogP contribution in [0.3, 0.4) is 0 Å². The average molecular weight is 159 g/mol. The van der Waals surface area contributed by atoms with Gasteiger partial charge in [-0.05, 0) is 25.8 Å². The van der Waals surface area contributed by atoms with Crippen LogP contribution >= 0.6 is 0 Å². The van der Waals surface area contributed by atoms with Gasteiger partial charge < -0.3 is 15.2 Å². The minimum Gasteiger partial charge on any atom is -0.396 e. The monoisotopic (exact) mass is 159 g/mol. The third kappa shape index (κ3) is 3.70. The molecule has 0 atom stereocenters. The van der Waals surface area contributed by atoms with E-state index in [-0.39, 0.29) is 6.61 Å². The quantitative estimate of drug-likeness (QED) is 0.573. The minimum absolute atomic E-state index is 0.288. The van der Waals surface area contributed by atoms with Crippen LogP contribution < -0.4 is 5.32 Å². The van der Waals surface area contributed by atoms with Gasteiger partial charge in [0.2, 0.25) is 0 Å². The third-order valence-electron chi connectivity index (χ3n) is 1.99. The predicted octanol–water partition coefficient (Wildman–Crippen LogP) is 0.137. The standard InChI is InChI=1S/C8H17NO2/c10-5-1-4-9-8-2-6-11-7-3-8/h8-10H,1-7H2. The number of nitrogens with one attached hydrogen (secondary N) is 1. The number of rotatable bonds is 4. The molecule has 11 heavy (non-hydrogen) atoms. The summed E-state index contributed by atoms with van der Waals surface area (Å²) in [4.78, 5) is 0. The smallest absolute Gasteiger partial charge is 0.0480 e. The van der Waals surface area contributed by atoms with Gasteiger partial charge >= 0.3 is 0 Å². The lowest BCUT2D eigenvalue weighted by molar-refractivity contribution is 0.0776. The predicted molar refractivity (Wildman–Crippen MR) is 43.5 cm³/mol. The maximum atomic E-state index is 8.53. The lowest BCUT2D eigenvalue weighted by Crippen LogP contribution is -2.35. The van der Waals surface area contributed by atoms with E-state index in [1.54, 1.807) is 0 Å². The molecule has 66 valence electrons. The van der Waals surface area contributed by atoms with Crippen molar-refractivity contribution in [1.82, 2.24) is 5.32 Å². The van der Waals surface area contributed by atoms with Crippen molar-refractivity contribution in [2.45, 2.75) is 25.3 Å². The number of hydrogen-bond acceptors (Lipinski definition) is 3. The molecule has 1 aliphatic rings. The Kier molecular flexibility index (Phi) is 4.50. The highest BCUT2D eigenvalue weighted by Gasteiger charge is 2.11. The van der Waals surface area contributed by atoms with Gasteiger partial charge in [-0.1, -0.05) is 0 Å². The van der Waals surface area contributed by atoms with Crippen LogP contribution in [0.5, 0.6) is 0 Å². The molecule has 1 rings (SSSR count). The molecule has 0 amide bonds. The first-order valence-corrected chi connectivity index (χ1v) is 4.35. The van der Waals surface area contributed by atoms with Crippen LogP contribution in [0.15, 0.2) is 0 Å². The van der Waals surface area contributed by atoms with Gasteiger partial charge in [0.15, 0.2) is 0 Å². The van der Waals surface area contributed by atoms with Gasteiger partial charge in [-0.25, -0.2) is 0 Å². The molecular formula is C8H17NO2. The molecule has 0 aromatic heterocycles. The van der Waals surface area contributed by atoms with Gasteiger partial charge in [-0.2, -0.15) is 0 Å². The van der Waals surface area contributed by atoms with Crippen LogP contribution in [0, 0.1) is 0 Å². The SMILES string of the molecule is OCCCNC1CCOCC1. The van der Waals surface area contributed by atoms with Crippen LogP contribution in [0.1, 0.15) is 19.3 Å². The largest absolute Gasteiger partial charge is 0.396 e. The zero-order chi connectivity index (χ0) is 7.94. The molecule has 0 unspecified atom stereocenters. The highest BCUT2D eigenvalue weighted by molar-refractivity contribution is 4.69. The summed E-state index contributed by atoms with van der Waals surface area (Å²) >= 11 is 0. The molecular weight excluding hydrogens is 142 g/mol. The van der Waals surface area contributed by atoms with Crippen molar-refractivity contribution in [3.05, 3.63) is 0 Å². The van der Waals surface area contributed by atoms with Crippen LogP contribution in [0.2, 0.25) is 0 Å². The highest BCUT2D eigenvalue weighted by Crippen LogP contribution is 2.05. The summed E-state index contributed by atoms with van der Waals surface area (Å²) in [5.41, 5.74) is 0. The van der Waals surface area contributed by atoms with Crippen molar-refractivity contribution in [3.63, 3.8) is 0 Å². The van der Waals surface area contributed by atoms with Crippen molar-refractivity contribution in [1.29, 1.82) is 0 Å². The normalized spacial score (nSPS) is 20.5. The van der Waals surface area contributed by atoms with Gasteiger partial charge in [-0.3, -0.25) is 0 Å². The van der Waals surface area contributed by atoms with E-state index in [4.69, 9.17) is 9.84 Å². The molecule has 3 heteroatoms. The molecule has 1 heterocycles. The molecule has 0 aromatic carbocycles. The zero-order valence-electron chi connectivity index (χ0n) is 6.88. The topological polar surface area (TPSA) is 41.5 Å². The highest BCUT2D eigenvalue weighted by atomic mass is 16.5. The number of ether oxygens (including phenoxy) is 1. The van der Waals surface area contributed by atoms with E-state index in [1.807, 2.05) is 0 Å². The molecule has 0 aliphatic carbocycles. The van der Waals surface area contributed by atoms with E-state index in [9.17, 15) is 0 Å². The Balaban J connectivity index is 1.96. The molecule has 1 fully saturated rings. The maximum absolute atomic E-state index is 8.53. The second kappa shape index (κ2) is 5.52. The van der Waals surface area contributed by atoms with Gasteiger partial charge in [0.05, 0.1) is 0 Å². The minimum atomic E-state index is 0.288. The third-order valence-corrected chi connectivity index (χ3v) is 1.99. The average Bonchev–Trinajstić information content (AvgIpc) is 2.07. The maximum Gasteiger partial charge on any atom is 0.0480 e. The molecule has 1 saturated heterocycles. The van der Waals surface area contributed by atoms with Crippen molar-refractivity contribution < 1.29 is 9.84 Å². The summed E-state index contributed by atoms with van der Waals surface area (Å²) in [7, 11) is 0. The van der Waals surface area contributed by atoms with Crippen molar-refractivity contribution in [2.24, 2.45) is 0 Å². The van der Waals surface area contributed by atoms with Crippen molar-refractivity contribution in [3.8, 4) is 0 Å². The zero-order valence-corrected chi connectivity index (χ0v) is 6.88. The van der Waals surface area contributed by atoms with Crippen LogP contribution in [-0.4, -0.2) is 37.5 Å². The summed E-state index contributed by atoms with van der Waals surface area (Å²) in [5.74, 6) is 0. The van der Waals surface area contributed by atoms with Crippen LogP contribution in [-0.2, 0) is 4.74 Å². The molecule has 0 spiro atoms. The number of aliphatic hydroxyl groups is 1. The van der Waals surface area contributed by atoms with Crippen LogP contribution in [0.4, 0.5) is 0 Å². The first-order valence-electron chi connectivity index (χ1n) is 4.35. The van der Waals surface area contributed by atoms with Gasteiger partial charge in [0, 0.05) is 25.9 Å². The Morgan fingerprint density at radius 3 is 2.73 bits per heavy atom. The van der Waals surface area contributed by atoms with E-state index in [1.165, 1.54) is 0 Å². The Hall–Kier alpha value is -0.120. The lowest BCUT2D eigenvalue weighted by Gasteiger charge is -2.22. The fourth-order valence-corrected chi connectivity index (χ4v) is 1.29. The van der Waals surface area contributed by atoms with E-state index >= 15 is 0 Å². The molecule has 2 N–H and O–H groups in total. The molecule has 0 saturated carbocycles. The number of aliphatic hydroxyl groups excluding tert-OH is 1. The Labute approximate surface area is 67.7 Å². The molecule has 0 bridgehead atoms. The van der Waals surface area contributed by atoms with E-state index in [2.05, 4.69) is 5.32 Å². The fourth-order valence-electron chi connectivity index (χ4n) is 1.29. The summed E-state index contributed by atoms with van der Waals surface area (Å²) in [6.07, 6.45) is 3.09. The van der Waals surface area contributed by atoms with E-state index in [0.29, 0.717) is 6.04 Å². The molecule has 1 aliphatic heterocycles. The van der Waals surface area contributed by atoms with E-state index in [0.717, 1.165) is 39.0 Å². The second-order valence-electron chi connectivity index (χ2n) is 2.92. The lowest BCUT2D eigenvalue weighted by atomic mass is 10.1. The Bertz CT molecular complexity index is 92.1. The first-order chi connectivity index (χ1) is 5.43. The van der Waals surface area contributed by atoms with Gasteiger partial charge in [-0.15, -0.1) is 0 Å². The molecule has 0 radical (unpaired) electrons. The van der Waals surface area contributed by atoms with Crippen molar-refractivity contribution >= 4 is 0 Å². The Morgan fingerprint density at radius 2 is 2.09 bits per heavy atom. The van der Waals surface area contributed by atoms with Gasteiger partial charge in [0.25, 0.3) is 0 Å². The summed E-state index contributed by atoms with van der Waals surface area (Å²) in [5, 5.41) is 11.9. The molecule has 0 aromatic rings. The second-order valence-corrected chi connectivity index (χ2v) is 2.92. The molecule has 3 nitrogen and oxygen atoms in total. The Morgan fingerprint density at radius 1 is 1.36 bits per heavy atom.